The summed E-state index contributed by atoms with van der Waals surface area (Å²) < 4.78 is 0. The number of anilines is 3. The van der Waals surface area contributed by atoms with Crippen LogP contribution in [0, 0.1) is 0 Å². The van der Waals surface area contributed by atoms with Gasteiger partial charge in [-0.05, 0) is 60.9 Å². The summed E-state index contributed by atoms with van der Waals surface area (Å²) in [6.07, 6.45) is 5.45. The highest BCUT2D eigenvalue weighted by atomic mass is 15.1. The zero-order chi connectivity index (χ0) is 19.9. The molecule has 1 saturated heterocycles. The van der Waals surface area contributed by atoms with Crippen LogP contribution in [0.15, 0.2) is 72.0 Å². The molecule has 0 radical (unpaired) electrons. The molecule has 0 atom stereocenters. The molecule has 0 aromatic heterocycles. The third-order valence-electron chi connectivity index (χ3n) is 4.79. The number of nitrogens with zero attached hydrogens (tertiary/aromatic N) is 2. The molecule has 6 heteroatoms. The van der Waals surface area contributed by atoms with Crippen LogP contribution in [0.2, 0.25) is 0 Å². The maximum absolute atomic E-state index is 6.05. The van der Waals surface area contributed by atoms with Gasteiger partial charge in [0.2, 0.25) is 0 Å². The second-order valence-corrected chi connectivity index (χ2v) is 6.97. The number of nitrogens with one attached hydrogen (secondary N) is 1. The smallest absolute Gasteiger partial charge is 0.122 e. The molecule has 0 saturated carbocycles. The van der Waals surface area contributed by atoms with Crippen LogP contribution in [0.4, 0.5) is 17.1 Å². The molecule has 2 aromatic rings. The highest BCUT2D eigenvalue weighted by Crippen LogP contribution is 2.22. The van der Waals surface area contributed by atoms with Gasteiger partial charge in [0.1, 0.15) is 5.82 Å². The first kappa shape index (κ1) is 19.5. The number of benzene rings is 2. The van der Waals surface area contributed by atoms with Gasteiger partial charge in [0.25, 0.3) is 0 Å². The summed E-state index contributed by atoms with van der Waals surface area (Å²) in [6, 6.07) is 16.0. The van der Waals surface area contributed by atoms with E-state index in [0.29, 0.717) is 23.2 Å². The topological polar surface area (TPSA) is 106 Å². The Morgan fingerprint density at radius 2 is 1.71 bits per heavy atom. The Balaban J connectivity index is 1.53. The SMILES string of the molecule is C=C(/N=C\C=C(/N)c1ccc(N)cc1)Nc1ccc(N2CCC(N)CC2)cc1. The third-order valence-corrected chi connectivity index (χ3v) is 4.79. The lowest BCUT2D eigenvalue weighted by atomic mass is 10.1. The minimum absolute atomic E-state index is 0.335. The molecule has 7 N–H and O–H groups in total. The molecule has 0 bridgehead atoms. The van der Waals surface area contributed by atoms with Gasteiger partial charge in [0, 0.05) is 48.1 Å². The number of allylic oxidation sites excluding steroid dienone is 1. The normalized spacial score (nSPS) is 15.8. The molecule has 28 heavy (non-hydrogen) atoms. The van der Waals surface area contributed by atoms with Crippen LogP contribution >= 0.6 is 0 Å². The average molecular weight is 377 g/mol. The Bertz CT molecular complexity index is 844. The predicted octanol–water partition coefficient (Wildman–Crippen LogP) is 3.15. The van der Waals surface area contributed by atoms with Crippen LogP contribution in [-0.2, 0) is 0 Å². The van der Waals surface area contributed by atoms with E-state index in [1.165, 1.54) is 5.69 Å². The quantitative estimate of drug-likeness (QED) is 0.458. The fraction of sp³-hybridized carbons (Fsp3) is 0.227. The number of hydrogen-bond donors (Lipinski definition) is 4. The molecular formula is C22H28N6. The van der Waals surface area contributed by atoms with Gasteiger partial charge in [-0.1, -0.05) is 18.7 Å². The van der Waals surface area contributed by atoms with Crippen LogP contribution in [0.1, 0.15) is 18.4 Å². The van der Waals surface area contributed by atoms with E-state index in [1.807, 2.05) is 36.4 Å². The summed E-state index contributed by atoms with van der Waals surface area (Å²) in [5.74, 6) is 0.540. The number of aliphatic imine (C=N–C) groups is 1. The molecule has 1 aliphatic rings. The van der Waals surface area contributed by atoms with Crippen molar-refractivity contribution in [3.63, 3.8) is 0 Å². The van der Waals surface area contributed by atoms with Gasteiger partial charge in [-0.15, -0.1) is 0 Å². The first-order valence-electron chi connectivity index (χ1n) is 9.43. The minimum atomic E-state index is 0.335. The molecule has 1 fully saturated rings. The second-order valence-electron chi connectivity index (χ2n) is 6.97. The molecule has 6 nitrogen and oxygen atoms in total. The van der Waals surface area contributed by atoms with Crippen LogP contribution in [-0.4, -0.2) is 25.3 Å². The summed E-state index contributed by atoms with van der Waals surface area (Å²) >= 11 is 0. The van der Waals surface area contributed by atoms with Gasteiger partial charge < -0.3 is 27.4 Å². The maximum atomic E-state index is 6.05. The zero-order valence-electron chi connectivity index (χ0n) is 16.0. The lowest BCUT2D eigenvalue weighted by molar-refractivity contribution is 0.501. The van der Waals surface area contributed by atoms with Crippen molar-refractivity contribution in [2.24, 2.45) is 16.5 Å². The minimum Gasteiger partial charge on any atom is -0.399 e. The fourth-order valence-corrected chi connectivity index (χ4v) is 3.09. The molecule has 0 unspecified atom stereocenters. The average Bonchev–Trinajstić information content (AvgIpc) is 2.70. The standard InChI is InChI=1S/C22H28N6/c1-16(26-13-10-22(25)17-2-4-18(23)5-3-17)27-20-6-8-21(9-7-20)28-14-11-19(24)12-15-28/h2-10,13,19,27H,1,11-12,14-15,23-25H2/b22-10-,26-13-. The van der Waals surface area contributed by atoms with Gasteiger partial charge in [0.05, 0.1) is 0 Å². The van der Waals surface area contributed by atoms with Crippen LogP contribution in [0.5, 0.6) is 0 Å². The van der Waals surface area contributed by atoms with Crippen molar-refractivity contribution in [1.82, 2.24) is 0 Å². The molecule has 146 valence electrons. The number of hydrogen-bond acceptors (Lipinski definition) is 6. The third kappa shape index (κ3) is 5.37. The van der Waals surface area contributed by atoms with Crippen LogP contribution in [0.25, 0.3) is 5.70 Å². The summed E-state index contributed by atoms with van der Waals surface area (Å²) in [7, 11) is 0. The highest BCUT2D eigenvalue weighted by Gasteiger charge is 2.16. The first-order valence-corrected chi connectivity index (χ1v) is 9.43. The van der Waals surface area contributed by atoms with Gasteiger partial charge in [-0.25, -0.2) is 4.99 Å². The Hall–Kier alpha value is -3.25. The second kappa shape index (κ2) is 9.10. The number of rotatable bonds is 6. The van der Waals surface area contributed by atoms with E-state index in [0.717, 1.165) is 37.2 Å². The van der Waals surface area contributed by atoms with Crippen LogP contribution in [0.3, 0.4) is 0 Å². The lowest BCUT2D eigenvalue weighted by Gasteiger charge is -2.32. The monoisotopic (exact) mass is 376 g/mol. The zero-order valence-corrected chi connectivity index (χ0v) is 16.0. The predicted molar refractivity (Wildman–Crippen MR) is 120 cm³/mol. The summed E-state index contributed by atoms with van der Waals surface area (Å²) in [6.45, 7) is 5.95. The molecule has 2 aromatic carbocycles. The van der Waals surface area contributed by atoms with Crippen molar-refractivity contribution in [2.75, 3.05) is 29.0 Å². The summed E-state index contributed by atoms with van der Waals surface area (Å²) in [5, 5.41) is 3.18. The Morgan fingerprint density at radius 3 is 2.36 bits per heavy atom. The highest BCUT2D eigenvalue weighted by molar-refractivity contribution is 5.84. The molecule has 1 heterocycles. The summed E-state index contributed by atoms with van der Waals surface area (Å²) in [4.78, 5) is 6.65. The Labute approximate surface area is 166 Å². The number of piperidine rings is 1. The van der Waals surface area contributed by atoms with E-state index >= 15 is 0 Å². The van der Waals surface area contributed by atoms with Gasteiger partial charge in [-0.2, -0.15) is 0 Å². The van der Waals surface area contributed by atoms with Crippen molar-refractivity contribution < 1.29 is 0 Å². The van der Waals surface area contributed by atoms with E-state index in [2.05, 4.69) is 33.9 Å². The fourth-order valence-electron chi connectivity index (χ4n) is 3.09. The van der Waals surface area contributed by atoms with Crippen molar-refractivity contribution in [3.05, 3.63) is 72.6 Å². The van der Waals surface area contributed by atoms with E-state index in [-0.39, 0.29) is 0 Å². The van der Waals surface area contributed by atoms with Gasteiger partial charge >= 0.3 is 0 Å². The van der Waals surface area contributed by atoms with Crippen molar-refractivity contribution in [3.8, 4) is 0 Å². The molecule has 0 spiro atoms. The largest absolute Gasteiger partial charge is 0.399 e. The van der Waals surface area contributed by atoms with Crippen molar-refractivity contribution in [2.45, 2.75) is 18.9 Å². The number of nitrogens with two attached hydrogens (primary N) is 3. The lowest BCUT2D eigenvalue weighted by Crippen LogP contribution is -2.39. The first-order chi connectivity index (χ1) is 13.5. The molecule has 1 aliphatic heterocycles. The Morgan fingerprint density at radius 1 is 1.07 bits per heavy atom. The molecule has 0 aliphatic carbocycles. The van der Waals surface area contributed by atoms with E-state index in [1.54, 1.807) is 12.3 Å². The molecular weight excluding hydrogens is 348 g/mol. The van der Waals surface area contributed by atoms with Crippen molar-refractivity contribution >= 4 is 29.0 Å². The number of nitrogen functional groups attached to an aromatic ring is 1. The van der Waals surface area contributed by atoms with Crippen molar-refractivity contribution in [1.29, 1.82) is 0 Å². The van der Waals surface area contributed by atoms with E-state index in [4.69, 9.17) is 17.2 Å². The molecule has 3 rings (SSSR count). The van der Waals surface area contributed by atoms with Crippen LogP contribution < -0.4 is 27.4 Å². The molecule has 0 amide bonds. The van der Waals surface area contributed by atoms with E-state index < -0.39 is 0 Å². The Kier molecular flexibility index (Phi) is 6.34. The summed E-state index contributed by atoms with van der Waals surface area (Å²) in [5.41, 5.74) is 22.1. The maximum Gasteiger partial charge on any atom is 0.122 e. The van der Waals surface area contributed by atoms with Gasteiger partial charge in [-0.3, -0.25) is 0 Å². The van der Waals surface area contributed by atoms with Gasteiger partial charge in [0.15, 0.2) is 0 Å². The van der Waals surface area contributed by atoms with E-state index in [9.17, 15) is 0 Å².